The van der Waals surface area contributed by atoms with Gasteiger partial charge in [0, 0.05) is 7.11 Å². The van der Waals surface area contributed by atoms with Gasteiger partial charge in [-0.3, -0.25) is 0 Å². The summed E-state index contributed by atoms with van der Waals surface area (Å²) in [5.74, 6) is 0.579. The van der Waals surface area contributed by atoms with Crippen LogP contribution < -0.4 is 0 Å². The molecule has 0 heterocycles. The van der Waals surface area contributed by atoms with E-state index in [4.69, 9.17) is 9.47 Å². The first kappa shape index (κ1) is 26.7. The topological polar surface area (TPSA) is 35.5 Å². The highest BCUT2D eigenvalue weighted by molar-refractivity contribution is 5.90. The van der Waals surface area contributed by atoms with Crippen LogP contribution in [0.2, 0.25) is 0 Å². The Morgan fingerprint density at radius 3 is 1.90 bits per heavy atom. The molecule has 3 nitrogen and oxygen atoms in total. The summed E-state index contributed by atoms with van der Waals surface area (Å²) in [6, 6.07) is 6.33. The SMILES string of the molecule is CCCCc1cc(CCCC)cc(C(=O)OC(CCCCCCC(C)C)COC)c1. The Morgan fingerprint density at radius 2 is 1.40 bits per heavy atom. The monoisotopic (exact) mass is 418 g/mol. The molecule has 1 atom stereocenters. The van der Waals surface area contributed by atoms with Crippen molar-refractivity contribution < 1.29 is 14.3 Å². The van der Waals surface area contributed by atoms with Gasteiger partial charge in [0.1, 0.15) is 6.10 Å². The summed E-state index contributed by atoms with van der Waals surface area (Å²) >= 11 is 0. The summed E-state index contributed by atoms with van der Waals surface area (Å²) < 4.78 is 11.2. The Morgan fingerprint density at radius 1 is 0.833 bits per heavy atom. The number of carbonyl (C=O) groups is 1. The zero-order valence-corrected chi connectivity index (χ0v) is 20.3. The predicted octanol–water partition coefficient (Wildman–Crippen LogP) is 7.54. The van der Waals surface area contributed by atoms with Gasteiger partial charge in [0.15, 0.2) is 0 Å². The molecular formula is C27H46O3. The average Bonchev–Trinajstić information content (AvgIpc) is 2.72. The van der Waals surface area contributed by atoms with Crippen molar-refractivity contribution >= 4 is 5.97 Å². The van der Waals surface area contributed by atoms with Crippen LogP contribution in [0.1, 0.15) is 113 Å². The first-order valence-electron chi connectivity index (χ1n) is 12.3. The van der Waals surface area contributed by atoms with Gasteiger partial charge in [-0.15, -0.1) is 0 Å². The lowest BCUT2D eigenvalue weighted by Crippen LogP contribution is -2.23. The van der Waals surface area contributed by atoms with E-state index in [9.17, 15) is 4.79 Å². The average molecular weight is 419 g/mol. The lowest BCUT2D eigenvalue weighted by Gasteiger charge is -2.18. The molecule has 0 saturated heterocycles. The zero-order valence-electron chi connectivity index (χ0n) is 20.3. The largest absolute Gasteiger partial charge is 0.456 e. The van der Waals surface area contributed by atoms with Crippen molar-refractivity contribution in [1.29, 1.82) is 0 Å². The lowest BCUT2D eigenvalue weighted by molar-refractivity contribution is 0.00234. The van der Waals surface area contributed by atoms with E-state index in [-0.39, 0.29) is 12.1 Å². The molecule has 0 aliphatic carbocycles. The van der Waals surface area contributed by atoms with Gasteiger partial charge in [-0.1, -0.05) is 72.3 Å². The van der Waals surface area contributed by atoms with Gasteiger partial charge in [-0.25, -0.2) is 4.79 Å². The van der Waals surface area contributed by atoms with E-state index in [1.807, 2.05) is 12.1 Å². The number of carbonyl (C=O) groups excluding carboxylic acids is 1. The highest BCUT2D eigenvalue weighted by atomic mass is 16.6. The molecule has 0 amide bonds. The molecule has 0 aliphatic heterocycles. The minimum absolute atomic E-state index is 0.161. The van der Waals surface area contributed by atoms with Crippen LogP contribution in [0.25, 0.3) is 0 Å². The Balaban J connectivity index is 2.67. The number of esters is 1. The first-order chi connectivity index (χ1) is 14.5. The van der Waals surface area contributed by atoms with Gasteiger partial charge in [0.05, 0.1) is 12.2 Å². The molecule has 0 radical (unpaired) electrons. The summed E-state index contributed by atoms with van der Waals surface area (Å²) in [4.78, 5) is 12.9. The van der Waals surface area contributed by atoms with Crippen molar-refractivity contribution in [3.63, 3.8) is 0 Å². The minimum atomic E-state index is -0.201. The molecule has 1 rings (SSSR count). The van der Waals surface area contributed by atoms with Crippen LogP contribution in [-0.4, -0.2) is 25.8 Å². The molecule has 0 N–H and O–H groups in total. The highest BCUT2D eigenvalue weighted by Gasteiger charge is 2.17. The van der Waals surface area contributed by atoms with Crippen molar-refractivity contribution in [2.45, 2.75) is 111 Å². The van der Waals surface area contributed by atoms with Crippen molar-refractivity contribution in [2.75, 3.05) is 13.7 Å². The van der Waals surface area contributed by atoms with Crippen LogP contribution in [0.15, 0.2) is 18.2 Å². The predicted molar refractivity (Wildman–Crippen MR) is 127 cm³/mol. The van der Waals surface area contributed by atoms with E-state index in [1.165, 1.54) is 36.8 Å². The third-order valence-corrected chi connectivity index (χ3v) is 5.61. The summed E-state index contributed by atoms with van der Waals surface area (Å²) in [5.41, 5.74) is 3.21. The van der Waals surface area contributed by atoms with Crippen molar-refractivity contribution in [3.8, 4) is 0 Å². The summed E-state index contributed by atoms with van der Waals surface area (Å²) in [5, 5.41) is 0. The van der Waals surface area contributed by atoms with E-state index < -0.39 is 0 Å². The fraction of sp³-hybridized carbons (Fsp3) is 0.741. The van der Waals surface area contributed by atoms with Crippen LogP contribution >= 0.6 is 0 Å². The van der Waals surface area contributed by atoms with Gasteiger partial charge in [-0.05, 0) is 67.7 Å². The number of methoxy groups -OCH3 is 1. The second-order valence-electron chi connectivity index (χ2n) is 9.11. The highest BCUT2D eigenvalue weighted by Crippen LogP contribution is 2.18. The first-order valence-corrected chi connectivity index (χ1v) is 12.3. The molecule has 1 aromatic carbocycles. The van der Waals surface area contributed by atoms with Crippen molar-refractivity contribution in [3.05, 3.63) is 34.9 Å². The van der Waals surface area contributed by atoms with Crippen molar-refractivity contribution in [1.82, 2.24) is 0 Å². The Labute approximate surface area is 185 Å². The fourth-order valence-electron chi connectivity index (χ4n) is 3.79. The summed E-state index contributed by atoms with van der Waals surface area (Å²) in [6.07, 6.45) is 13.5. The number of unbranched alkanes of at least 4 members (excludes halogenated alkanes) is 5. The maximum absolute atomic E-state index is 12.9. The van der Waals surface area contributed by atoms with E-state index in [1.54, 1.807) is 7.11 Å². The van der Waals surface area contributed by atoms with Gasteiger partial charge < -0.3 is 9.47 Å². The lowest BCUT2D eigenvalue weighted by atomic mass is 9.98. The van der Waals surface area contributed by atoms with Gasteiger partial charge >= 0.3 is 5.97 Å². The molecule has 0 aliphatic rings. The van der Waals surface area contributed by atoms with Crippen LogP contribution in [0.4, 0.5) is 0 Å². The quantitative estimate of drug-likeness (QED) is 0.194. The molecule has 172 valence electrons. The van der Waals surface area contributed by atoms with Crippen LogP contribution in [0.3, 0.4) is 0 Å². The number of hydrogen-bond donors (Lipinski definition) is 0. The molecule has 1 unspecified atom stereocenters. The van der Waals surface area contributed by atoms with E-state index in [2.05, 4.69) is 33.8 Å². The molecule has 0 spiro atoms. The second-order valence-corrected chi connectivity index (χ2v) is 9.11. The summed E-state index contributed by atoms with van der Waals surface area (Å²) in [7, 11) is 1.68. The zero-order chi connectivity index (χ0) is 22.2. The molecule has 0 bridgehead atoms. The van der Waals surface area contributed by atoms with E-state index in [0.717, 1.165) is 57.3 Å². The third-order valence-electron chi connectivity index (χ3n) is 5.61. The smallest absolute Gasteiger partial charge is 0.338 e. The number of aryl methyl sites for hydroxylation is 2. The number of ether oxygens (including phenoxy) is 2. The molecule has 0 fully saturated rings. The van der Waals surface area contributed by atoms with E-state index >= 15 is 0 Å². The molecule has 0 aromatic heterocycles. The number of benzene rings is 1. The number of hydrogen-bond acceptors (Lipinski definition) is 3. The third kappa shape index (κ3) is 11.7. The van der Waals surface area contributed by atoms with Crippen LogP contribution in [-0.2, 0) is 22.3 Å². The molecule has 30 heavy (non-hydrogen) atoms. The maximum atomic E-state index is 12.9. The van der Waals surface area contributed by atoms with Gasteiger partial charge in [0.2, 0.25) is 0 Å². The Bertz CT molecular complexity index is 553. The van der Waals surface area contributed by atoms with Crippen LogP contribution in [0, 0.1) is 5.92 Å². The molecule has 1 aromatic rings. The molecule has 3 heteroatoms. The molecule has 0 saturated carbocycles. The van der Waals surface area contributed by atoms with Crippen molar-refractivity contribution in [2.24, 2.45) is 5.92 Å². The Kier molecular flexibility index (Phi) is 14.5. The fourth-order valence-corrected chi connectivity index (χ4v) is 3.79. The minimum Gasteiger partial charge on any atom is -0.456 e. The summed E-state index contributed by atoms with van der Waals surface area (Å²) in [6.45, 7) is 9.43. The van der Waals surface area contributed by atoms with E-state index in [0.29, 0.717) is 12.2 Å². The van der Waals surface area contributed by atoms with Crippen LogP contribution in [0.5, 0.6) is 0 Å². The standard InChI is InChI=1S/C27H46O3/c1-6-8-15-23-18-24(16-9-7-2)20-25(19-23)27(28)30-26(21-29-5)17-13-11-10-12-14-22(3)4/h18-20,22,26H,6-17,21H2,1-5H3. The van der Waals surface area contributed by atoms with Gasteiger partial charge in [-0.2, -0.15) is 0 Å². The normalized spacial score (nSPS) is 12.3. The maximum Gasteiger partial charge on any atom is 0.338 e. The van der Waals surface area contributed by atoms with Gasteiger partial charge in [0.25, 0.3) is 0 Å². The Hall–Kier alpha value is -1.35. The second kappa shape index (κ2) is 16.4. The number of rotatable bonds is 17. The molecular weight excluding hydrogens is 372 g/mol.